The summed E-state index contributed by atoms with van der Waals surface area (Å²) >= 11 is 0. The highest BCUT2D eigenvalue weighted by Gasteiger charge is 2.11. The number of benzene rings is 1. The van der Waals surface area contributed by atoms with Crippen molar-refractivity contribution < 1.29 is 9.53 Å². The Morgan fingerprint density at radius 3 is 2.89 bits per heavy atom. The quantitative estimate of drug-likeness (QED) is 0.622. The number of ketones is 1. The second kappa shape index (κ2) is 5.06. The maximum atomic E-state index is 11.9. The second-order valence-corrected chi connectivity index (χ2v) is 4.40. The van der Waals surface area contributed by atoms with Crippen LogP contribution in [0.1, 0.15) is 21.5 Å². The summed E-state index contributed by atoms with van der Waals surface area (Å²) in [6, 6.07) is 9.41. The fourth-order valence-electron chi connectivity index (χ4n) is 2.09. The lowest BCUT2D eigenvalue weighted by atomic mass is 10.1. The molecule has 19 heavy (non-hydrogen) atoms. The third-order valence-electron chi connectivity index (χ3n) is 3.11. The molecule has 0 bridgehead atoms. The Bertz CT molecular complexity index is 632. The van der Waals surface area contributed by atoms with Gasteiger partial charge in [-0.1, -0.05) is 12.1 Å². The Labute approximate surface area is 111 Å². The van der Waals surface area contributed by atoms with Gasteiger partial charge in [-0.15, -0.1) is 0 Å². The molecule has 3 nitrogen and oxygen atoms in total. The predicted octanol–water partition coefficient (Wildman–Crippen LogP) is 2.91. The molecule has 0 amide bonds. The smallest absolute Gasteiger partial charge is 0.185 e. The Kier molecular flexibility index (Phi) is 3.11. The normalized spacial score (nSPS) is 13.3. The average molecular weight is 251 g/mol. The Hall–Kier alpha value is -2.42. The van der Waals surface area contributed by atoms with E-state index in [1.807, 2.05) is 18.2 Å². The van der Waals surface area contributed by atoms with Gasteiger partial charge in [-0.2, -0.15) is 0 Å². The lowest BCUT2D eigenvalue weighted by Crippen LogP contribution is -1.93. The molecule has 0 atom stereocenters. The van der Waals surface area contributed by atoms with E-state index in [4.69, 9.17) is 4.74 Å². The van der Waals surface area contributed by atoms with Gasteiger partial charge in [0.05, 0.1) is 6.61 Å². The van der Waals surface area contributed by atoms with E-state index in [2.05, 4.69) is 11.1 Å². The number of hydrogen-bond donors (Lipinski definition) is 0. The Morgan fingerprint density at radius 2 is 2.05 bits per heavy atom. The highest BCUT2D eigenvalue weighted by atomic mass is 16.5. The van der Waals surface area contributed by atoms with Crippen LogP contribution in [0.3, 0.4) is 0 Å². The summed E-state index contributed by atoms with van der Waals surface area (Å²) in [4.78, 5) is 15.8. The van der Waals surface area contributed by atoms with E-state index in [-0.39, 0.29) is 5.78 Å². The van der Waals surface area contributed by atoms with Crippen LogP contribution in [0.25, 0.3) is 6.08 Å². The number of aromatic nitrogens is 1. The molecule has 94 valence electrons. The zero-order valence-corrected chi connectivity index (χ0v) is 10.4. The summed E-state index contributed by atoms with van der Waals surface area (Å²) in [5, 5.41) is 0. The van der Waals surface area contributed by atoms with Crippen molar-refractivity contribution in [3.8, 4) is 5.75 Å². The monoisotopic (exact) mass is 251 g/mol. The predicted molar refractivity (Wildman–Crippen MR) is 73.2 cm³/mol. The molecule has 0 N–H and O–H groups in total. The number of nitrogens with zero attached hydrogens (tertiary/aromatic N) is 1. The van der Waals surface area contributed by atoms with E-state index in [1.165, 1.54) is 5.56 Å². The van der Waals surface area contributed by atoms with Gasteiger partial charge in [-0.3, -0.25) is 9.78 Å². The molecule has 0 spiro atoms. The molecule has 0 unspecified atom stereocenters. The number of ether oxygens (including phenoxy) is 1. The van der Waals surface area contributed by atoms with Gasteiger partial charge in [0.2, 0.25) is 0 Å². The third-order valence-corrected chi connectivity index (χ3v) is 3.11. The van der Waals surface area contributed by atoms with Gasteiger partial charge in [0.25, 0.3) is 0 Å². The SMILES string of the molecule is O=C(/C=C\c1ccc2c(c1)CCO2)c1ccncc1. The number of carbonyl (C=O) groups is 1. The first-order valence-corrected chi connectivity index (χ1v) is 6.21. The third kappa shape index (κ3) is 2.55. The van der Waals surface area contributed by atoms with Crippen LogP contribution in [0.2, 0.25) is 0 Å². The van der Waals surface area contributed by atoms with E-state index in [9.17, 15) is 4.79 Å². The van der Waals surface area contributed by atoms with Crippen molar-refractivity contribution in [2.24, 2.45) is 0 Å². The van der Waals surface area contributed by atoms with Gasteiger partial charge in [-0.05, 0) is 41.5 Å². The molecule has 1 aliphatic heterocycles. The zero-order valence-electron chi connectivity index (χ0n) is 10.4. The van der Waals surface area contributed by atoms with Gasteiger partial charge in [0, 0.05) is 24.4 Å². The molecular formula is C16H13NO2. The zero-order chi connectivity index (χ0) is 13.1. The largest absolute Gasteiger partial charge is 0.493 e. The molecule has 1 aliphatic rings. The van der Waals surface area contributed by atoms with Crippen molar-refractivity contribution in [2.75, 3.05) is 6.61 Å². The van der Waals surface area contributed by atoms with E-state index in [1.54, 1.807) is 30.6 Å². The van der Waals surface area contributed by atoms with Crippen LogP contribution in [0.15, 0.2) is 48.8 Å². The topological polar surface area (TPSA) is 39.2 Å². The molecule has 0 fully saturated rings. The highest BCUT2D eigenvalue weighted by molar-refractivity contribution is 6.06. The lowest BCUT2D eigenvalue weighted by Gasteiger charge is -1.99. The summed E-state index contributed by atoms with van der Waals surface area (Å²) in [5.74, 6) is 0.941. The highest BCUT2D eigenvalue weighted by Crippen LogP contribution is 2.26. The summed E-state index contributed by atoms with van der Waals surface area (Å²) in [7, 11) is 0. The van der Waals surface area contributed by atoms with Crippen LogP contribution < -0.4 is 4.74 Å². The molecule has 1 aromatic carbocycles. The first-order valence-electron chi connectivity index (χ1n) is 6.21. The minimum atomic E-state index is -0.0147. The minimum absolute atomic E-state index is 0.0147. The standard InChI is InChI=1S/C16H13NO2/c18-15(13-5-8-17-9-6-13)3-1-12-2-4-16-14(11-12)7-10-19-16/h1-6,8-9,11H,7,10H2/b3-1-. The lowest BCUT2D eigenvalue weighted by molar-refractivity contribution is 0.104. The average Bonchev–Trinajstić information content (AvgIpc) is 2.93. The number of rotatable bonds is 3. The molecule has 2 heterocycles. The summed E-state index contributed by atoms with van der Waals surface area (Å²) in [5.41, 5.74) is 2.88. The Balaban J connectivity index is 1.78. The fraction of sp³-hybridized carbons (Fsp3) is 0.125. The first-order chi connectivity index (χ1) is 9.33. The molecule has 0 saturated heterocycles. The molecule has 0 radical (unpaired) electrons. The molecule has 1 aromatic heterocycles. The van der Waals surface area contributed by atoms with Gasteiger partial charge < -0.3 is 4.74 Å². The maximum Gasteiger partial charge on any atom is 0.185 e. The van der Waals surface area contributed by atoms with Crippen molar-refractivity contribution in [3.63, 3.8) is 0 Å². The number of pyridine rings is 1. The van der Waals surface area contributed by atoms with Crippen molar-refractivity contribution in [1.29, 1.82) is 0 Å². The van der Waals surface area contributed by atoms with Crippen LogP contribution in [0.5, 0.6) is 5.75 Å². The van der Waals surface area contributed by atoms with E-state index >= 15 is 0 Å². The molecule has 2 aromatic rings. The fourth-order valence-corrected chi connectivity index (χ4v) is 2.09. The summed E-state index contributed by atoms with van der Waals surface area (Å²) in [6.45, 7) is 0.748. The van der Waals surface area contributed by atoms with Gasteiger partial charge in [-0.25, -0.2) is 0 Å². The van der Waals surface area contributed by atoms with Crippen molar-refractivity contribution in [1.82, 2.24) is 4.98 Å². The number of allylic oxidation sites excluding steroid dienone is 1. The second-order valence-electron chi connectivity index (χ2n) is 4.40. The molecule has 0 saturated carbocycles. The minimum Gasteiger partial charge on any atom is -0.493 e. The van der Waals surface area contributed by atoms with Crippen LogP contribution in [0, 0.1) is 0 Å². The van der Waals surface area contributed by atoms with Crippen molar-refractivity contribution in [2.45, 2.75) is 6.42 Å². The number of fused-ring (bicyclic) bond motifs is 1. The maximum absolute atomic E-state index is 11.9. The summed E-state index contributed by atoms with van der Waals surface area (Å²) in [6.07, 6.45) is 7.60. The van der Waals surface area contributed by atoms with Crippen LogP contribution in [-0.2, 0) is 6.42 Å². The number of carbonyl (C=O) groups excluding carboxylic acids is 1. The van der Waals surface area contributed by atoms with Crippen molar-refractivity contribution in [3.05, 3.63) is 65.5 Å². The van der Waals surface area contributed by atoms with E-state index < -0.39 is 0 Å². The summed E-state index contributed by atoms with van der Waals surface area (Å²) < 4.78 is 5.45. The number of hydrogen-bond acceptors (Lipinski definition) is 3. The molecule has 0 aliphatic carbocycles. The van der Waals surface area contributed by atoms with E-state index in [0.717, 1.165) is 24.3 Å². The van der Waals surface area contributed by atoms with Crippen LogP contribution >= 0.6 is 0 Å². The van der Waals surface area contributed by atoms with Crippen LogP contribution in [0.4, 0.5) is 0 Å². The first kappa shape index (κ1) is 11.7. The molecule has 3 rings (SSSR count). The van der Waals surface area contributed by atoms with Gasteiger partial charge >= 0.3 is 0 Å². The molecule has 3 heteroatoms. The van der Waals surface area contributed by atoms with Crippen LogP contribution in [-0.4, -0.2) is 17.4 Å². The van der Waals surface area contributed by atoms with Gasteiger partial charge in [0.15, 0.2) is 5.78 Å². The molecular weight excluding hydrogens is 238 g/mol. The van der Waals surface area contributed by atoms with Gasteiger partial charge in [0.1, 0.15) is 5.75 Å². The van der Waals surface area contributed by atoms with E-state index in [0.29, 0.717) is 5.56 Å². The Morgan fingerprint density at radius 1 is 1.21 bits per heavy atom. The van der Waals surface area contributed by atoms with Crippen molar-refractivity contribution >= 4 is 11.9 Å².